The molecule has 0 aliphatic heterocycles. The summed E-state index contributed by atoms with van der Waals surface area (Å²) in [5.74, 6) is 0.315. The van der Waals surface area contributed by atoms with Gasteiger partial charge >= 0.3 is 5.75 Å². The van der Waals surface area contributed by atoms with Gasteiger partial charge < -0.3 is 8.83 Å². The van der Waals surface area contributed by atoms with Gasteiger partial charge in [0.05, 0.1) is 0 Å². The fourth-order valence-corrected chi connectivity index (χ4v) is 1.08. The molecule has 0 aliphatic rings. The molecule has 0 bridgehead atoms. The van der Waals surface area contributed by atoms with Crippen molar-refractivity contribution in [2.24, 2.45) is 4.99 Å². The van der Waals surface area contributed by atoms with E-state index in [0.717, 1.165) is 16.7 Å². The first-order valence-corrected chi connectivity index (χ1v) is 3.73. The second-order valence-corrected chi connectivity index (χ2v) is 2.64. The molecule has 0 fully saturated rings. The molecule has 12 heavy (non-hydrogen) atoms. The number of aryl methyl sites for hydroxylation is 1. The molecule has 0 saturated heterocycles. The number of benzene rings is 1. The smallest absolute Gasteiger partial charge is 0.394 e. The maximum Gasteiger partial charge on any atom is 0.394 e. The van der Waals surface area contributed by atoms with Crippen LogP contribution in [0.15, 0.2) is 32.0 Å². The summed E-state index contributed by atoms with van der Waals surface area (Å²) >= 11 is 0. The summed E-state index contributed by atoms with van der Waals surface area (Å²) in [7, 11) is 1.63. The van der Waals surface area contributed by atoms with Crippen LogP contribution in [0.3, 0.4) is 0 Å². The molecule has 3 nitrogen and oxygen atoms in total. The highest BCUT2D eigenvalue weighted by atomic mass is 16.5. The van der Waals surface area contributed by atoms with Gasteiger partial charge in [-0.25, -0.2) is 4.99 Å². The van der Waals surface area contributed by atoms with Gasteiger partial charge in [0.2, 0.25) is 0 Å². The van der Waals surface area contributed by atoms with Crippen LogP contribution in [0, 0.1) is 6.92 Å². The summed E-state index contributed by atoms with van der Waals surface area (Å²) in [4.78, 5) is 3.80. The number of rotatable bonds is 0. The molecule has 0 spiro atoms. The summed E-state index contributed by atoms with van der Waals surface area (Å²) in [5, 5.41) is 0. The standard InChI is InChI=1S/C9H9NO2/c1-6-3-4-7-8(5-6)12-9(10-2)11-7/h3-5H,1-2H3. The Morgan fingerprint density at radius 2 is 1.92 bits per heavy atom. The van der Waals surface area contributed by atoms with E-state index in [1.54, 1.807) is 7.05 Å². The average Bonchev–Trinajstić information content (AvgIpc) is 2.46. The van der Waals surface area contributed by atoms with Crippen molar-refractivity contribution in [2.75, 3.05) is 7.05 Å². The fourth-order valence-electron chi connectivity index (χ4n) is 1.08. The van der Waals surface area contributed by atoms with Crippen molar-refractivity contribution in [3.63, 3.8) is 0 Å². The van der Waals surface area contributed by atoms with Crippen LogP contribution in [0.25, 0.3) is 11.2 Å². The molecule has 0 aliphatic carbocycles. The number of fused-ring (bicyclic) bond motifs is 1. The zero-order valence-corrected chi connectivity index (χ0v) is 7.00. The number of hydrogen-bond acceptors (Lipinski definition) is 3. The topological polar surface area (TPSA) is 38.6 Å². The quantitative estimate of drug-likeness (QED) is 0.594. The largest absolute Gasteiger partial charge is 0.407 e. The maximum atomic E-state index is 5.26. The average molecular weight is 163 g/mol. The minimum absolute atomic E-state index is 0.315. The Labute approximate surface area is 69.3 Å². The normalized spacial score (nSPS) is 12.7. The van der Waals surface area contributed by atoms with Crippen LogP contribution in [0.5, 0.6) is 0 Å². The highest BCUT2D eigenvalue weighted by Gasteiger charge is 2.00. The van der Waals surface area contributed by atoms with Gasteiger partial charge in [-0.2, -0.15) is 0 Å². The molecular weight excluding hydrogens is 154 g/mol. The van der Waals surface area contributed by atoms with E-state index in [4.69, 9.17) is 8.83 Å². The van der Waals surface area contributed by atoms with E-state index in [9.17, 15) is 0 Å². The Hall–Kier alpha value is -1.51. The third-order valence-corrected chi connectivity index (χ3v) is 1.68. The second kappa shape index (κ2) is 2.52. The van der Waals surface area contributed by atoms with Gasteiger partial charge in [0.1, 0.15) is 0 Å². The van der Waals surface area contributed by atoms with Crippen LogP contribution in [0.4, 0.5) is 0 Å². The summed E-state index contributed by atoms with van der Waals surface area (Å²) in [6.07, 6.45) is 0. The zero-order valence-electron chi connectivity index (χ0n) is 7.00. The van der Waals surface area contributed by atoms with Crippen LogP contribution in [-0.2, 0) is 0 Å². The van der Waals surface area contributed by atoms with Gasteiger partial charge in [0, 0.05) is 7.05 Å². The van der Waals surface area contributed by atoms with Crippen LogP contribution in [0.2, 0.25) is 0 Å². The zero-order chi connectivity index (χ0) is 8.55. The first-order valence-electron chi connectivity index (χ1n) is 3.73. The predicted octanol–water partition coefficient (Wildman–Crippen LogP) is 1.86. The molecule has 1 aromatic heterocycles. The lowest BCUT2D eigenvalue weighted by molar-refractivity contribution is 0.388. The van der Waals surface area contributed by atoms with E-state index in [2.05, 4.69) is 4.99 Å². The number of nitrogens with zero attached hydrogens (tertiary/aromatic N) is 1. The molecule has 0 N–H and O–H groups in total. The summed E-state index contributed by atoms with van der Waals surface area (Å²) < 4.78 is 10.5. The Morgan fingerprint density at radius 3 is 2.67 bits per heavy atom. The lowest BCUT2D eigenvalue weighted by Crippen LogP contribution is -1.90. The monoisotopic (exact) mass is 163 g/mol. The van der Waals surface area contributed by atoms with Crippen LogP contribution in [0.1, 0.15) is 5.56 Å². The lowest BCUT2D eigenvalue weighted by Gasteiger charge is -1.86. The van der Waals surface area contributed by atoms with E-state index in [-0.39, 0.29) is 0 Å². The van der Waals surface area contributed by atoms with Gasteiger partial charge in [-0.05, 0) is 24.6 Å². The molecule has 1 heterocycles. The second-order valence-electron chi connectivity index (χ2n) is 2.64. The highest BCUT2D eigenvalue weighted by molar-refractivity contribution is 5.70. The van der Waals surface area contributed by atoms with Crippen molar-refractivity contribution < 1.29 is 8.83 Å². The Balaban J connectivity index is 2.84. The van der Waals surface area contributed by atoms with Gasteiger partial charge in [0.25, 0.3) is 0 Å². The molecule has 0 amide bonds. The van der Waals surface area contributed by atoms with Crippen molar-refractivity contribution in [3.05, 3.63) is 29.5 Å². The van der Waals surface area contributed by atoms with Crippen LogP contribution >= 0.6 is 0 Å². The van der Waals surface area contributed by atoms with Gasteiger partial charge in [0.15, 0.2) is 11.2 Å². The molecule has 2 rings (SSSR count). The first kappa shape index (κ1) is 7.16. The van der Waals surface area contributed by atoms with E-state index < -0.39 is 0 Å². The predicted molar refractivity (Wildman–Crippen MR) is 44.7 cm³/mol. The Morgan fingerprint density at radius 1 is 1.17 bits per heavy atom. The van der Waals surface area contributed by atoms with Gasteiger partial charge in [-0.1, -0.05) is 6.07 Å². The summed E-state index contributed by atoms with van der Waals surface area (Å²) in [6, 6.07) is 5.77. The summed E-state index contributed by atoms with van der Waals surface area (Å²) in [6.45, 7) is 2.00. The van der Waals surface area contributed by atoms with Gasteiger partial charge in [-0.15, -0.1) is 0 Å². The lowest BCUT2D eigenvalue weighted by atomic mass is 10.2. The van der Waals surface area contributed by atoms with Crippen molar-refractivity contribution in [2.45, 2.75) is 6.92 Å². The third kappa shape index (κ3) is 1.03. The van der Waals surface area contributed by atoms with Crippen molar-refractivity contribution in [1.29, 1.82) is 0 Å². The fraction of sp³-hybridized carbons (Fsp3) is 0.222. The van der Waals surface area contributed by atoms with Crippen molar-refractivity contribution in [1.82, 2.24) is 0 Å². The van der Waals surface area contributed by atoms with E-state index in [1.807, 2.05) is 25.1 Å². The minimum atomic E-state index is 0.315. The highest BCUT2D eigenvalue weighted by Crippen LogP contribution is 2.13. The van der Waals surface area contributed by atoms with E-state index >= 15 is 0 Å². The molecule has 0 saturated carbocycles. The molecule has 62 valence electrons. The van der Waals surface area contributed by atoms with Crippen LogP contribution in [-0.4, -0.2) is 7.05 Å². The van der Waals surface area contributed by atoms with E-state index in [1.165, 1.54) is 0 Å². The van der Waals surface area contributed by atoms with E-state index in [0.29, 0.717) is 5.75 Å². The minimum Gasteiger partial charge on any atom is -0.407 e. The molecule has 3 heteroatoms. The molecule has 2 aromatic rings. The first-order chi connectivity index (χ1) is 5.79. The molecule has 0 radical (unpaired) electrons. The number of hydrogen-bond donors (Lipinski definition) is 0. The van der Waals surface area contributed by atoms with Crippen LogP contribution < -0.4 is 5.75 Å². The molecule has 0 unspecified atom stereocenters. The molecular formula is C9H9NO2. The summed E-state index contributed by atoms with van der Waals surface area (Å²) in [5.41, 5.74) is 2.63. The molecule has 1 aromatic carbocycles. The molecule has 0 atom stereocenters. The SMILES string of the molecule is CN=c1oc2ccc(C)cc2o1. The Kier molecular flexibility index (Phi) is 1.50. The van der Waals surface area contributed by atoms with Crippen molar-refractivity contribution >= 4 is 11.2 Å². The van der Waals surface area contributed by atoms with Crippen molar-refractivity contribution in [3.8, 4) is 0 Å². The maximum absolute atomic E-state index is 5.26. The Bertz CT molecular complexity index is 465. The van der Waals surface area contributed by atoms with Gasteiger partial charge in [-0.3, -0.25) is 0 Å². The third-order valence-electron chi connectivity index (χ3n) is 1.68.